The summed E-state index contributed by atoms with van der Waals surface area (Å²) < 4.78 is 15.7. The Balaban J connectivity index is 1.65. The first-order valence-corrected chi connectivity index (χ1v) is 10.3. The molecule has 0 atom stereocenters. The molecule has 4 rings (SSSR count). The Morgan fingerprint density at radius 3 is 2.42 bits per heavy atom. The second-order valence-electron chi connectivity index (χ2n) is 7.61. The number of aromatic nitrogens is 6. The maximum absolute atomic E-state index is 12.4. The van der Waals surface area contributed by atoms with E-state index in [9.17, 15) is 9.59 Å². The summed E-state index contributed by atoms with van der Waals surface area (Å²) in [6.07, 6.45) is 0.825. The number of hydrogen-bond acceptors (Lipinski definition) is 7. The van der Waals surface area contributed by atoms with Crippen LogP contribution in [-0.4, -0.2) is 43.0 Å². The van der Waals surface area contributed by atoms with Gasteiger partial charge in [0.05, 0.1) is 41.0 Å². The van der Waals surface area contributed by atoms with Crippen LogP contribution in [-0.2, 0) is 13.7 Å². The van der Waals surface area contributed by atoms with E-state index in [4.69, 9.17) is 9.47 Å². The lowest BCUT2D eigenvalue weighted by Gasteiger charge is -2.16. The molecular formula is C23H24N6O4. The van der Waals surface area contributed by atoms with Crippen molar-refractivity contribution in [3.63, 3.8) is 0 Å². The molecule has 0 bridgehead atoms. The number of nitrogens with zero attached hydrogens (tertiary/aromatic N) is 6. The molecule has 2 aromatic carbocycles. The first-order valence-electron chi connectivity index (χ1n) is 10.3. The lowest BCUT2D eigenvalue weighted by atomic mass is 10.1. The molecule has 170 valence electrons. The molecule has 0 unspecified atom stereocenters. The molecule has 0 saturated carbocycles. The van der Waals surface area contributed by atoms with E-state index >= 15 is 0 Å². The van der Waals surface area contributed by atoms with E-state index < -0.39 is 0 Å². The van der Waals surface area contributed by atoms with Crippen LogP contribution in [0.2, 0.25) is 0 Å². The van der Waals surface area contributed by atoms with Gasteiger partial charge in [-0.1, -0.05) is 6.07 Å². The Morgan fingerprint density at radius 1 is 1.03 bits per heavy atom. The zero-order valence-electron chi connectivity index (χ0n) is 19.1. The van der Waals surface area contributed by atoms with Gasteiger partial charge in [0.1, 0.15) is 18.1 Å². The van der Waals surface area contributed by atoms with Crippen molar-refractivity contribution in [3.05, 3.63) is 75.0 Å². The third kappa shape index (κ3) is 3.91. The van der Waals surface area contributed by atoms with Crippen molar-refractivity contribution in [2.75, 3.05) is 7.11 Å². The number of ether oxygens (including phenoxy) is 2. The van der Waals surface area contributed by atoms with Crippen molar-refractivity contribution in [3.8, 4) is 22.9 Å². The number of tetrazole rings is 1. The van der Waals surface area contributed by atoms with Gasteiger partial charge in [0.2, 0.25) is 0 Å². The van der Waals surface area contributed by atoms with Gasteiger partial charge in [-0.25, -0.2) is 9.48 Å². The first-order chi connectivity index (χ1) is 15.8. The SMILES string of the molecule is COc1cccc(-n2nnn(C)c2=O)c1COc1ccc(-n2nc(C)c(C=O)c2C)cc1C. The van der Waals surface area contributed by atoms with Crippen molar-refractivity contribution < 1.29 is 14.3 Å². The van der Waals surface area contributed by atoms with Gasteiger partial charge in [-0.3, -0.25) is 4.79 Å². The highest BCUT2D eigenvalue weighted by Crippen LogP contribution is 2.28. The molecule has 10 heteroatoms. The van der Waals surface area contributed by atoms with Gasteiger partial charge in [-0.05, 0) is 67.1 Å². The normalized spacial score (nSPS) is 10.9. The van der Waals surface area contributed by atoms with Crippen molar-refractivity contribution in [1.82, 2.24) is 29.6 Å². The summed E-state index contributed by atoms with van der Waals surface area (Å²) in [6.45, 7) is 5.76. The van der Waals surface area contributed by atoms with E-state index in [1.807, 2.05) is 39.0 Å². The highest BCUT2D eigenvalue weighted by atomic mass is 16.5. The average molecular weight is 448 g/mol. The fourth-order valence-corrected chi connectivity index (χ4v) is 3.71. The quantitative estimate of drug-likeness (QED) is 0.400. The van der Waals surface area contributed by atoms with Gasteiger partial charge in [0.25, 0.3) is 0 Å². The first kappa shape index (κ1) is 22.0. The van der Waals surface area contributed by atoms with Crippen LogP contribution in [0, 0.1) is 20.8 Å². The maximum Gasteiger partial charge on any atom is 0.368 e. The number of benzene rings is 2. The average Bonchev–Trinajstić information content (AvgIpc) is 3.29. The van der Waals surface area contributed by atoms with Crippen molar-refractivity contribution in [2.45, 2.75) is 27.4 Å². The van der Waals surface area contributed by atoms with Crippen LogP contribution in [0.1, 0.15) is 32.9 Å². The summed E-state index contributed by atoms with van der Waals surface area (Å²) in [7, 11) is 3.10. The number of hydrogen-bond donors (Lipinski definition) is 0. The van der Waals surface area contributed by atoms with E-state index in [1.54, 1.807) is 30.0 Å². The number of rotatable bonds is 7. The minimum absolute atomic E-state index is 0.151. The summed E-state index contributed by atoms with van der Waals surface area (Å²) in [4.78, 5) is 23.7. The Morgan fingerprint density at radius 2 is 1.82 bits per heavy atom. The number of carbonyl (C=O) groups excluding carboxylic acids is 1. The Hall–Kier alpha value is -4.21. The van der Waals surface area contributed by atoms with Gasteiger partial charge in [-0.2, -0.15) is 14.5 Å². The minimum Gasteiger partial charge on any atom is -0.496 e. The molecule has 0 N–H and O–H groups in total. The predicted molar refractivity (Wildman–Crippen MR) is 121 cm³/mol. The van der Waals surface area contributed by atoms with Crippen LogP contribution in [0.4, 0.5) is 0 Å². The second kappa shape index (κ2) is 8.73. The molecule has 2 heterocycles. The second-order valence-corrected chi connectivity index (χ2v) is 7.61. The van der Waals surface area contributed by atoms with E-state index in [2.05, 4.69) is 15.5 Å². The Kier molecular flexibility index (Phi) is 5.82. The van der Waals surface area contributed by atoms with Crippen LogP contribution in [0.3, 0.4) is 0 Å². The van der Waals surface area contributed by atoms with Crippen LogP contribution < -0.4 is 15.2 Å². The number of carbonyl (C=O) groups is 1. The van der Waals surface area contributed by atoms with E-state index in [-0.39, 0.29) is 12.3 Å². The largest absolute Gasteiger partial charge is 0.496 e. The van der Waals surface area contributed by atoms with Gasteiger partial charge in [0, 0.05) is 7.05 Å². The third-order valence-electron chi connectivity index (χ3n) is 5.52. The molecule has 0 fully saturated rings. The summed E-state index contributed by atoms with van der Waals surface area (Å²) in [5.41, 5.74) is 4.61. The smallest absolute Gasteiger partial charge is 0.368 e. The number of methoxy groups -OCH3 is 1. The van der Waals surface area contributed by atoms with Crippen LogP contribution in [0.25, 0.3) is 11.4 Å². The molecule has 0 aliphatic carbocycles. The standard InChI is InChI=1S/C23H24N6O4/c1-14-11-17(28-16(3)18(12-30)15(2)24-28)9-10-21(14)33-13-19-20(7-6-8-22(19)32-5)29-23(31)27(4)25-26-29/h6-12H,13H2,1-5H3. The van der Waals surface area contributed by atoms with Crippen molar-refractivity contribution in [2.24, 2.45) is 7.05 Å². The molecule has 0 aliphatic heterocycles. The molecule has 10 nitrogen and oxygen atoms in total. The highest BCUT2D eigenvalue weighted by molar-refractivity contribution is 5.78. The van der Waals surface area contributed by atoms with E-state index in [1.165, 1.54) is 11.7 Å². The summed E-state index contributed by atoms with van der Waals surface area (Å²) in [6, 6.07) is 11.0. The van der Waals surface area contributed by atoms with Gasteiger partial charge >= 0.3 is 5.69 Å². The number of aryl methyl sites for hydroxylation is 3. The monoisotopic (exact) mass is 448 g/mol. The van der Waals surface area contributed by atoms with Crippen molar-refractivity contribution >= 4 is 6.29 Å². The maximum atomic E-state index is 12.4. The van der Waals surface area contributed by atoms with Crippen molar-refractivity contribution in [1.29, 1.82) is 0 Å². The molecular weight excluding hydrogens is 424 g/mol. The zero-order valence-corrected chi connectivity index (χ0v) is 19.1. The fourth-order valence-electron chi connectivity index (χ4n) is 3.71. The van der Waals surface area contributed by atoms with Crippen LogP contribution >= 0.6 is 0 Å². The molecule has 0 saturated heterocycles. The molecule has 0 amide bonds. The number of aldehydes is 1. The predicted octanol–water partition coefficient (Wildman–Crippen LogP) is 2.48. The minimum atomic E-state index is -0.371. The highest BCUT2D eigenvalue weighted by Gasteiger charge is 2.17. The van der Waals surface area contributed by atoms with E-state index in [0.717, 1.165) is 27.9 Å². The lowest BCUT2D eigenvalue weighted by molar-refractivity contribution is 0.112. The molecule has 0 radical (unpaired) electrons. The summed E-state index contributed by atoms with van der Waals surface area (Å²) in [5, 5.41) is 12.2. The molecule has 0 aliphatic rings. The summed E-state index contributed by atoms with van der Waals surface area (Å²) in [5.74, 6) is 1.24. The topological polar surface area (TPSA) is 106 Å². The van der Waals surface area contributed by atoms with Gasteiger partial charge in [-0.15, -0.1) is 0 Å². The Bertz CT molecular complexity index is 1400. The van der Waals surface area contributed by atoms with Crippen LogP contribution in [0.15, 0.2) is 41.2 Å². The molecule has 0 spiro atoms. The molecule has 2 aromatic heterocycles. The van der Waals surface area contributed by atoms with Crippen LogP contribution in [0.5, 0.6) is 11.5 Å². The fraction of sp³-hybridized carbons (Fsp3) is 0.261. The molecule has 4 aromatic rings. The van der Waals surface area contributed by atoms with E-state index in [0.29, 0.717) is 34.0 Å². The zero-order chi connectivity index (χ0) is 23.7. The van der Waals surface area contributed by atoms with Gasteiger partial charge in [0.15, 0.2) is 6.29 Å². The summed E-state index contributed by atoms with van der Waals surface area (Å²) >= 11 is 0. The Labute approximate surface area is 190 Å². The third-order valence-corrected chi connectivity index (χ3v) is 5.52. The van der Waals surface area contributed by atoms with Gasteiger partial charge < -0.3 is 9.47 Å². The molecule has 33 heavy (non-hydrogen) atoms. The lowest BCUT2D eigenvalue weighted by Crippen LogP contribution is -2.23.